The summed E-state index contributed by atoms with van der Waals surface area (Å²) in [6.07, 6.45) is 6.68. The molecule has 0 unspecified atom stereocenters. The third-order valence-corrected chi connectivity index (χ3v) is 9.81. The lowest BCUT2D eigenvalue weighted by Crippen LogP contribution is -2.57. The van der Waals surface area contributed by atoms with Crippen LogP contribution in [-0.4, -0.2) is 34.7 Å². The van der Waals surface area contributed by atoms with Crippen molar-refractivity contribution >= 4 is 23.5 Å². The molecule has 0 aromatic rings. The van der Waals surface area contributed by atoms with Gasteiger partial charge in [-0.3, -0.25) is 19.2 Å². The van der Waals surface area contributed by atoms with Gasteiger partial charge in [-0.15, -0.1) is 0 Å². The summed E-state index contributed by atoms with van der Waals surface area (Å²) in [5, 5.41) is 8.76. The van der Waals surface area contributed by atoms with Gasteiger partial charge in [-0.1, -0.05) is 13.8 Å². The highest BCUT2D eigenvalue weighted by atomic mass is 16.5. The SMILES string of the molecule is CC(=O)[C@H]1CC[C@H]2[C@@H]3CC[C@H]4C[C@@H](OC(=O)CCC(=O)O)CC[C@]4(C)[C@H]3CC(=O)[C@]12C. The predicted octanol–water partition coefficient (Wildman–Crippen LogP) is 4.19. The van der Waals surface area contributed by atoms with E-state index in [9.17, 15) is 19.2 Å². The first-order valence-corrected chi connectivity index (χ1v) is 12.0. The summed E-state index contributed by atoms with van der Waals surface area (Å²) >= 11 is 0. The fourth-order valence-electron chi connectivity index (χ4n) is 8.14. The molecule has 0 aliphatic heterocycles. The van der Waals surface area contributed by atoms with Crippen LogP contribution in [-0.2, 0) is 23.9 Å². The van der Waals surface area contributed by atoms with Crippen molar-refractivity contribution < 1.29 is 29.0 Å². The maximum Gasteiger partial charge on any atom is 0.306 e. The molecule has 31 heavy (non-hydrogen) atoms. The molecule has 4 aliphatic carbocycles. The van der Waals surface area contributed by atoms with Crippen molar-refractivity contribution in [3.63, 3.8) is 0 Å². The summed E-state index contributed by atoms with van der Waals surface area (Å²) in [5.74, 6) is 0.530. The van der Waals surface area contributed by atoms with Gasteiger partial charge in [0.2, 0.25) is 0 Å². The second-order valence-electron chi connectivity index (χ2n) is 11.1. The Morgan fingerprint density at radius 3 is 2.45 bits per heavy atom. The van der Waals surface area contributed by atoms with E-state index in [4.69, 9.17) is 9.84 Å². The lowest BCUT2D eigenvalue weighted by molar-refractivity contribution is -0.169. The highest BCUT2D eigenvalue weighted by Gasteiger charge is 2.64. The summed E-state index contributed by atoms with van der Waals surface area (Å²) in [6, 6.07) is 0. The van der Waals surface area contributed by atoms with E-state index >= 15 is 0 Å². The molecule has 6 heteroatoms. The Morgan fingerprint density at radius 2 is 1.77 bits per heavy atom. The van der Waals surface area contributed by atoms with Crippen molar-refractivity contribution in [2.75, 3.05) is 0 Å². The van der Waals surface area contributed by atoms with Crippen LogP contribution in [0.1, 0.15) is 85.0 Å². The van der Waals surface area contributed by atoms with E-state index < -0.39 is 17.4 Å². The van der Waals surface area contributed by atoms with Gasteiger partial charge in [0.05, 0.1) is 12.8 Å². The van der Waals surface area contributed by atoms with Crippen molar-refractivity contribution in [3.8, 4) is 0 Å². The molecule has 0 aromatic carbocycles. The minimum absolute atomic E-state index is 0.0676. The molecule has 6 nitrogen and oxygen atoms in total. The second-order valence-corrected chi connectivity index (χ2v) is 11.1. The fraction of sp³-hybridized carbons (Fsp3) is 0.840. The Kier molecular flexibility index (Phi) is 5.80. The molecule has 0 saturated heterocycles. The molecule has 0 spiro atoms. The molecular formula is C25H36O6. The number of ketones is 2. The number of carbonyl (C=O) groups is 4. The van der Waals surface area contributed by atoms with Crippen LogP contribution in [0.3, 0.4) is 0 Å². The van der Waals surface area contributed by atoms with Crippen molar-refractivity contribution in [2.45, 2.75) is 91.1 Å². The monoisotopic (exact) mass is 432 g/mol. The van der Waals surface area contributed by atoms with Crippen molar-refractivity contribution in [2.24, 2.45) is 40.4 Å². The topological polar surface area (TPSA) is 97.7 Å². The van der Waals surface area contributed by atoms with Crippen LogP contribution in [0.25, 0.3) is 0 Å². The molecule has 8 atom stereocenters. The van der Waals surface area contributed by atoms with Gasteiger partial charge in [0.25, 0.3) is 0 Å². The molecule has 0 aromatic heterocycles. The molecule has 0 amide bonds. The lowest BCUT2D eigenvalue weighted by Gasteiger charge is -2.60. The van der Waals surface area contributed by atoms with Gasteiger partial charge < -0.3 is 9.84 Å². The summed E-state index contributed by atoms with van der Waals surface area (Å²) in [7, 11) is 0. The van der Waals surface area contributed by atoms with Crippen LogP contribution in [0, 0.1) is 40.4 Å². The molecule has 1 N–H and O–H groups in total. The van der Waals surface area contributed by atoms with Crippen LogP contribution >= 0.6 is 0 Å². The quantitative estimate of drug-likeness (QED) is 0.654. The highest BCUT2D eigenvalue weighted by molar-refractivity contribution is 5.93. The number of fused-ring (bicyclic) bond motifs is 5. The number of hydrogen-bond donors (Lipinski definition) is 1. The number of carboxylic acids is 1. The minimum atomic E-state index is -0.987. The Hall–Kier alpha value is -1.72. The molecule has 0 heterocycles. The average Bonchev–Trinajstić information content (AvgIpc) is 3.07. The predicted molar refractivity (Wildman–Crippen MR) is 113 cm³/mol. The van der Waals surface area contributed by atoms with E-state index in [2.05, 4.69) is 13.8 Å². The highest BCUT2D eigenvalue weighted by Crippen LogP contribution is 2.66. The number of aliphatic carboxylic acids is 1. The number of hydrogen-bond acceptors (Lipinski definition) is 5. The zero-order valence-corrected chi connectivity index (χ0v) is 19.0. The van der Waals surface area contributed by atoms with E-state index in [0.29, 0.717) is 35.9 Å². The zero-order valence-electron chi connectivity index (χ0n) is 19.0. The summed E-state index contributed by atoms with van der Waals surface area (Å²) in [6.45, 7) is 6.05. The first kappa shape index (κ1) is 22.5. The average molecular weight is 433 g/mol. The smallest absolute Gasteiger partial charge is 0.306 e. The van der Waals surface area contributed by atoms with Gasteiger partial charge in [-0.2, -0.15) is 0 Å². The number of esters is 1. The third kappa shape index (κ3) is 3.64. The zero-order chi connectivity index (χ0) is 22.6. The van der Waals surface area contributed by atoms with Crippen LogP contribution in [0.15, 0.2) is 0 Å². The van der Waals surface area contributed by atoms with E-state index in [1.54, 1.807) is 6.92 Å². The van der Waals surface area contributed by atoms with Gasteiger partial charge in [0.1, 0.15) is 17.7 Å². The first-order valence-electron chi connectivity index (χ1n) is 12.0. The fourth-order valence-corrected chi connectivity index (χ4v) is 8.14. The minimum Gasteiger partial charge on any atom is -0.481 e. The van der Waals surface area contributed by atoms with E-state index in [-0.39, 0.29) is 36.1 Å². The normalized spacial score (nSPS) is 44.0. The van der Waals surface area contributed by atoms with Crippen molar-refractivity contribution in [3.05, 3.63) is 0 Å². The van der Waals surface area contributed by atoms with Crippen LogP contribution in [0.4, 0.5) is 0 Å². The van der Waals surface area contributed by atoms with Crippen molar-refractivity contribution in [1.82, 2.24) is 0 Å². The third-order valence-electron chi connectivity index (χ3n) is 9.81. The molecular weight excluding hydrogens is 396 g/mol. The number of rotatable bonds is 5. The molecule has 0 radical (unpaired) electrons. The number of ether oxygens (including phenoxy) is 1. The number of carbonyl (C=O) groups excluding carboxylic acids is 3. The Bertz CT molecular complexity index is 789. The second kappa shape index (κ2) is 8.00. The van der Waals surface area contributed by atoms with Crippen molar-refractivity contribution in [1.29, 1.82) is 0 Å². The standard InChI is InChI=1S/C25H36O6/c1-14(26)18-6-7-19-17-5-4-15-12-16(31-23(30)9-8-22(28)29)10-11-24(15,2)20(17)13-21(27)25(18,19)3/h15-20H,4-13H2,1-3H3,(H,28,29)/t15-,16-,17-,18+,19-,20-,24-,25+/m0/s1. The Labute approximate surface area is 184 Å². The summed E-state index contributed by atoms with van der Waals surface area (Å²) in [5.41, 5.74) is -0.411. The summed E-state index contributed by atoms with van der Waals surface area (Å²) < 4.78 is 5.61. The van der Waals surface area contributed by atoms with Crippen LogP contribution in [0.2, 0.25) is 0 Å². The van der Waals surface area contributed by atoms with E-state index in [0.717, 1.165) is 44.9 Å². The molecule has 0 bridgehead atoms. The van der Waals surface area contributed by atoms with E-state index in [1.165, 1.54) is 0 Å². The maximum absolute atomic E-state index is 13.5. The van der Waals surface area contributed by atoms with Crippen LogP contribution < -0.4 is 0 Å². The Morgan fingerprint density at radius 1 is 1.03 bits per heavy atom. The molecule has 172 valence electrons. The van der Waals surface area contributed by atoms with Crippen LogP contribution in [0.5, 0.6) is 0 Å². The van der Waals surface area contributed by atoms with E-state index in [1.807, 2.05) is 0 Å². The summed E-state index contributed by atoms with van der Waals surface area (Å²) in [4.78, 5) is 48.4. The first-order chi connectivity index (χ1) is 14.6. The van der Waals surface area contributed by atoms with Gasteiger partial charge in [-0.25, -0.2) is 0 Å². The maximum atomic E-state index is 13.5. The number of carboxylic acid groups (broad SMARTS) is 1. The number of Topliss-reactive ketones (excluding diaryl/α,β-unsaturated/α-hetero) is 2. The molecule has 4 aliphatic rings. The lowest BCUT2D eigenvalue weighted by atomic mass is 9.44. The molecule has 4 saturated carbocycles. The van der Waals surface area contributed by atoms with Gasteiger partial charge in [0.15, 0.2) is 0 Å². The van der Waals surface area contributed by atoms with Gasteiger partial charge >= 0.3 is 11.9 Å². The Balaban J connectivity index is 1.46. The largest absolute Gasteiger partial charge is 0.481 e. The van der Waals surface area contributed by atoms with Gasteiger partial charge in [0, 0.05) is 17.8 Å². The van der Waals surface area contributed by atoms with Gasteiger partial charge in [-0.05, 0) is 81.0 Å². The molecule has 4 fully saturated rings. The molecule has 4 rings (SSSR count).